The number of nitrogens with zero attached hydrogens (tertiary/aromatic N) is 7. The zero-order valence-electron chi connectivity index (χ0n) is 18.9. The van der Waals surface area contributed by atoms with Crippen molar-refractivity contribution < 1.29 is 9.59 Å². The van der Waals surface area contributed by atoms with Gasteiger partial charge in [0.05, 0.1) is 12.3 Å². The molecule has 2 aromatic rings. The topological polar surface area (TPSA) is 133 Å². The molecule has 2 aromatic heterocycles. The summed E-state index contributed by atoms with van der Waals surface area (Å²) in [6, 6.07) is 0. The van der Waals surface area contributed by atoms with Gasteiger partial charge in [0.2, 0.25) is 23.7 Å². The van der Waals surface area contributed by atoms with E-state index in [1.807, 2.05) is 25.7 Å². The van der Waals surface area contributed by atoms with Crippen LogP contribution in [-0.2, 0) is 9.59 Å². The van der Waals surface area contributed by atoms with Crippen LogP contribution in [0.5, 0.6) is 0 Å². The smallest absolute Gasteiger partial charge is 0.261 e. The van der Waals surface area contributed by atoms with Crippen molar-refractivity contribution in [2.75, 3.05) is 68.7 Å². The fraction of sp³-hybridized carbons (Fsp3) is 0.684. The van der Waals surface area contributed by atoms with E-state index in [1.165, 1.54) is 11.8 Å². The van der Waals surface area contributed by atoms with Crippen LogP contribution in [0.15, 0.2) is 5.16 Å². The van der Waals surface area contributed by atoms with Crippen LogP contribution >= 0.6 is 11.8 Å². The standard InChI is InChI=1S/C19H32N10O2S/c1-4-20-14(30)12-27-8-7-9-28(11-10-27)15(31)13-32-19-26-25-18-24-16(21-5-2)23-17(22-6-3)29(18)19/h4-13H2,1-3H3,(H,20,30)(H2,21,22,23,24,25). The van der Waals surface area contributed by atoms with Crippen molar-refractivity contribution in [1.29, 1.82) is 0 Å². The Balaban J connectivity index is 1.61. The van der Waals surface area contributed by atoms with Crippen LogP contribution in [0.25, 0.3) is 5.78 Å². The van der Waals surface area contributed by atoms with E-state index in [0.717, 1.165) is 13.0 Å². The van der Waals surface area contributed by atoms with E-state index in [2.05, 4.69) is 41.0 Å². The number of hydrogen-bond donors (Lipinski definition) is 3. The number of anilines is 2. The van der Waals surface area contributed by atoms with Gasteiger partial charge < -0.3 is 20.9 Å². The average Bonchev–Trinajstić information content (AvgIpc) is 3.03. The van der Waals surface area contributed by atoms with Crippen LogP contribution in [-0.4, -0.2) is 104 Å². The summed E-state index contributed by atoms with van der Waals surface area (Å²) in [7, 11) is 0. The largest absolute Gasteiger partial charge is 0.355 e. The van der Waals surface area contributed by atoms with Gasteiger partial charge in [-0.05, 0) is 27.2 Å². The number of nitrogens with one attached hydrogen (secondary N) is 3. The van der Waals surface area contributed by atoms with Crippen LogP contribution in [0.1, 0.15) is 27.2 Å². The van der Waals surface area contributed by atoms with Crippen molar-refractivity contribution >= 4 is 41.3 Å². The van der Waals surface area contributed by atoms with Crippen LogP contribution in [0.4, 0.5) is 11.9 Å². The molecule has 1 saturated heterocycles. The Hall–Kier alpha value is -2.67. The minimum atomic E-state index is 0.0255. The van der Waals surface area contributed by atoms with Crippen molar-refractivity contribution in [3.63, 3.8) is 0 Å². The number of carbonyl (C=O) groups is 2. The van der Waals surface area contributed by atoms with E-state index >= 15 is 0 Å². The summed E-state index contributed by atoms with van der Waals surface area (Å²) in [5.74, 6) is 1.82. The molecule has 3 rings (SSSR count). The number of carbonyl (C=O) groups excluding carboxylic acids is 2. The van der Waals surface area contributed by atoms with Crippen molar-refractivity contribution in [2.45, 2.75) is 32.3 Å². The molecule has 13 heteroatoms. The Morgan fingerprint density at radius 2 is 1.78 bits per heavy atom. The summed E-state index contributed by atoms with van der Waals surface area (Å²) in [6.45, 7) is 11.0. The third kappa shape index (κ3) is 6.19. The number of thioether (sulfide) groups is 1. The monoisotopic (exact) mass is 464 g/mol. The molecule has 1 aliphatic heterocycles. The molecule has 1 aliphatic rings. The number of hydrogen-bond acceptors (Lipinski definition) is 10. The van der Waals surface area contributed by atoms with E-state index in [9.17, 15) is 9.59 Å². The summed E-state index contributed by atoms with van der Waals surface area (Å²) in [5.41, 5.74) is 0. The van der Waals surface area contributed by atoms with Crippen LogP contribution in [0, 0.1) is 0 Å². The lowest BCUT2D eigenvalue weighted by molar-refractivity contribution is -0.128. The van der Waals surface area contributed by atoms with Crippen molar-refractivity contribution in [1.82, 2.24) is 39.7 Å². The highest BCUT2D eigenvalue weighted by atomic mass is 32.2. The summed E-state index contributed by atoms with van der Waals surface area (Å²) >= 11 is 1.32. The Bertz CT molecular complexity index is 921. The first-order valence-electron chi connectivity index (χ1n) is 11.1. The van der Waals surface area contributed by atoms with Gasteiger partial charge in [0.15, 0.2) is 5.16 Å². The molecule has 1 fully saturated rings. The van der Waals surface area contributed by atoms with Crippen LogP contribution in [0.3, 0.4) is 0 Å². The summed E-state index contributed by atoms with van der Waals surface area (Å²) < 4.78 is 1.73. The number of likely N-dealkylation sites (N-methyl/N-ethyl adjacent to an activating group) is 1. The molecule has 0 bridgehead atoms. The Kier molecular flexibility index (Phi) is 8.85. The van der Waals surface area contributed by atoms with E-state index in [-0.39, 0.29) is 17.6 Å². The van der Waals surface area contributed by atoms with E-state index in [0.29, 0.717) is 68.6 Å². The number of fused-ring (bicyclic) bond motifs is 1. The van der Waals surface area contributed by atoms with Crippen LogP contribution in [0.2, 0.25) is 0 Å². The summed E-state index contributed by atoms with van der Waals surface area (Å²) in [5, 5.41) is 18.1. The van der Waals surface area contributed by atoms with Gasteiger partial charge in [-0.15, -0.1) is 10.2 Å². The van der Waals surface area contributed by atoms with Gasteiger partial charge in [-0.25, -0.2) is 4.40 Å². The predicted octanol–water partition coefficient (Wildman–Crippen LogP) is 0.145. The lowest BCUT2D eigenvalue weighted by Crippen LogP contribution is -2.40. The second kappa shape index (κ2) is 11.8. The SMILES string of the molecule is CCNC(=O)CN1CCCN(C(=O)CSc2nnc3nc(NCC)nc(NCC)n23)CC1. The molecule has 0 aliphatic carbocycles. The van der Waals surface area contributed by atoms with Gasteiger partial charge >= 0.3 is 0 Å². The number of rotatable bonds is 10. The quantitative estimate of drug-likeness (QED) is 0.417. The summed E-state index contributed by atoms with van der Waals surface area (Å²) in [6.07, 6.45) is 0.843. The van der Waals surface area contributed by atoms with E-state index in [4.69, 9.17) is 0 Å². The van der Waals surface area contributed by atoms with Gasteiger partial charge in [-0.2, -0.15) is 9.97 Å². The zero-order valence-corrected chi connectivity index (χ0v) is 19.7. The lowest BCUT2D eigenvalue weighted by Gasteiger charge is -2.21. The minimum Gasteiger partial charge on any atom is -0.355 e. The van der Waals surface area contributed by atoms with Crippen molar-refractivity contribution in [3.8, 4) is 0 Å². The van der Waals surface area contributed by atoms with Gasteiger partial charge in [0.25, 0.3) is 5.78 Å². The first-order valence-corrected chi connectivity index (χ1v) is 12.0. The molecule has 0 aromatic carbocycles. The Morgan fingerprint density at radius 3 is 2.53 bits per heavy atom. The maximum absolute atomic E-state index is 12.9. The summed E-state index contributed by atoms with van der Waals surface area (Å²) in [4.78, 5) is 37.5. The molecular weight excluding hydrogens is 432 g/mol. The molecule has 176 valence electrons. The molecule has 2 amide bonds. The van der Waals surface area contributed by atoms with Crippen LogP contribution < -0.4 is 16.0 Å². The molecular formula is C19H32N10O2S. The van der Waals surface area contributed by atoms with Gasteiger partial charge in [0, 0.05) is 45.8 Å². The fourth-order valence-electron chi connectivity index (χ4n) is 3.45. The maximum atomic E-state index is 12.9. The molecule has 0 unspecified atom stereocenters. The molecule has 0 saturated carbocycles. The Labute approximate surface area is 191 Å². The molecule has 3 heterocycles. The zero-order chi connectivity index (χ0) is 22.9. The van der Waals surface area contributed by atoms with Crippen molar-refractivity contribution in [3.05, 3.63) is 0 Å². The Morgan fingerprint density at radius 1 is 0.969 bits per heavy atom. The van der Waals surface area contributed by atoms with E-state index < -0.39 is 0 Å². The lowest BCUT2D eigenvalue weighted by atomic mass is 10.3. The third-order valence-corrected chi connectivity index (χ3v) is 5.84. The molecule has 3 N–H and O–H groups in total. The fourth-order valence-corrected chi connectivity index (χ4v) is 4.28. The molecule has 12 nitrogen and oxygen atoms in total. The molecule has 0 radical (unpaired) electrons. The predicted molar refractivity (Wildman–Crippen MR) is 124 cm³/mol. The molecule has 0 atom stereocenters. The molecule has 32 heavy (non-hydrogen) atoms. The first kappa shape index (κ1) is 24.0. The minimum absolute atomic E-state index is 0.0255. The van der Waals surface area contributed by atoms with Gasteiger partial charge in [0.1, 0.15) is 0 Å². The highest BCUT2D eigenvalue weighted by Gasteiger charge is 2.22. The number of aromatic nitrogens is 5. The third-order valence-electron chi connectivity index (χ3n) is 4.92. The van der Waals surface area contributed by atoms with Crippen molar-refractivity contribution in [2.24, 2.45) is 0 Å². The maximum Gasteiger partial charge on any atom is 0.261 e. The second-order valence-electron chi connectivity index (χ2n) is 7.30. The highest BCUT2D eigenvalue weighted by molar-refractivity contribution is 7.99. The van der Waals surface area contributed by atoms with Gasteiger partial charge in [-0.1, -0.05) is 11.8 Å². The normalized spacial score (nSPS) is 14.9. The first-order chi connectivity index (χ1) is 15.5. The van der Waals surface area contributed by atoms with Gasteiger partial charge in [-0.3, -0.25) is 14.5 Å². The number of amides is 2. The average molecular weight is 465 g/mol. The highest BCUT2D eigenvalue weighted by Crippen LogP contribution is 2.21. The van der Waals surface area contributed by atoms with E-state index in [1.54, 1.807) is 4.40 Å². The second-order valence-corrected chi connectivity index (χ2v) is 8.24. The molecule has 0 spiro atoms.